The van der Waals surface area contributed by atoms with Gasteiger partial charge in [-0.1, -0.05) is 64.6 Å². The standard InChI is InChI=1S/C19H12Cl4O5S/c20-13-4-2-1-3-11(13)19(29(26,27)28,12-6-5-10(24)9-16(12)25)17-14(21)7-8-15(22)18(17)23/h1-9,24-25H,(H,26,27,28). The molecule has 0 aliphatic heterocycles. The minimum absolute atomic E-state index is 0.0376. The lowest BCUT2D eigenvalue weighted by Crippen LogP contribution is -2.39. The smallest absolute Gasteiger partial charge is 0.283 e. The van der Waals surface area contributed by atoms with E-state index in [1.165, 1.54) is 30.3 Å². The van der Waals surface area contributed by atoms with Crippen molar-refractivity contribution in [2.75, 3.05) is 0 Å². The Bertz CT molecular complexity index is 1210. The van der Waals surface area contributed by atoms with Crippen LogP contribution in [0.1, 0.15) is 16.7 Å². The molecule has 3 N–H and O–H groups in total. The van der Waals surface area contributed by atoms with Gasteiger partial charge in [0.15, 0.2) is 4.75 Å². The van der Waals surface area contributed by atoms with Crippen LogP contribution in [0.3, 0.4) is 0 Å². The molecule has 0 aromatic heterocycles. The molecule has 0 spiro atoms. The summed E-state index contributed by atoms with van der Waals surface area (Å²) in [5.41, 5.74) is -0.766. The average Bonchev–Trinajstić information content (AvgIpc) is 2.62. The summed E-state index contributed by atoms with van der Waals surface area (Å²) >= 11 is 25.1. The second-order valence-corrected chi connectivity index (χ2v) is 9.22. The zero-order chi connectivity index (χ0) is 21.6. The molecule has 29 heavy (non-hydrogen) atoms. The molecule has 0 fully saturated rings. The van der Waals surface area contributed by atoms with Crippen molar-refractivity contribution in [2.24, 2.45) is 0 Å². The second kappa shape index (κ2) is 7.87. The molecular formula is C19H12Cl4O5S. The SMILES string of the molecule is O=S(=O)(O)C(c1ccc(O)cc1O)(c1ccccc1Cl)c1c(Cl)ccc(Cl)c1Cl. The predicted molar refractivity (Wildman–Crippen MR) is 114 cm³/mol. The zero-order valence-electron chi connectivity index (χ0n) is 14.3. The Kier molecular flexibility index (Phi) is 5.98. The fourth-order valence-electron chi connectivity index (χ4n) is 3.24. The maximum Gasteiger partial charge on any atom is 0.283 e. The predicted octanol–water partition coefficient (Wildman–Crippen LogP) is 5.89. The third-order valence-corrected chi connectivity index (χ3v) is 7.26. The fourth-order valence-corrected chi connectivity index (χ4v) is 5.87. The van der Waals surface area contributed by atoms with Crippen molar-refractivity contribution in [3.05, 3.63) is 91.4 Å². The quantitative estimate of drug-likeness (QED) is 0.239. The number of halogens is 4. The minimum atomic E-state index is -5.16. The van der Waals surface area contributed by atoms with Gasteiger partial charge in [0.25, 0.3) is 10.1 Å². The van der Waals surface area contributed by atoms with Crippen LogP contribution in [0.2, 0.25) is 20.1 Å². The van der Waals surface area contributed by atoms with Crippen LogP contribution >= 0.6 is 46.4 Å². The average molecular weight is 494 g/mol. The first-order valence-electron chi connectivity index (χ1n) is 7.90. The molecule has 5 nitrogen and oxygen atoms in total. The van der Waals surface area contributed by atoms with Crippen LogP contribution in [-0.2, 0) is 14.9 Å². The van der Waals surface area contributed by atoms with E-state index in [1.54, 1.807) is 6.07 Å². The Morgan fingerprint density at radius 3 is 1.97 bits per heavy atom. The molecule has 0 amide bonds. The molecule has 1 unspecified atom stereocenters. The van der Waals surface area contributed by atoms with E-state index in [1.807, 2.05) is 0 Å². The van der Waals surface area contributed by atoms with Crippen LogP contribution in [0.15, 0.2) is 54.6 Å². The van der Waals surface area contributed by atoms with E-state index >= 15 is 0 Å². The number of hydrogen-bond donors (Lipinski definition) is 3. The Balaban J connectivity index is 2.68. The molecule has 0 radical (unpaired) electrons. The van der Waals surface area contributed by atoms with Crippen molar-refractivity contribution in [1.29, 1.82) is 0 Å². The first kappa shape index (κ1) is 22.0. The summed E-state index contributed by atoms with van der Waals surface area (Å²) in [5.74, 6) is -0.979. The molecule has 0 saturated heterocycles. The topological polar surface area (TPSA) is 94.8 Å². The van der Waals surface area contributed by atoms with Gasteiger partial charge in [0.1, 0.15) is 11.5 Å². The Morgan fingerprint density at radius 1 is 0.759 bits per heavy atom. The Hall–Kier alpha value is -1.67. The van der Waals surface area contributed by atoms with Gasteiger partial charge >= 0.3 is 0 Å². The Morgan fingerprint density at radius 2 is 1.38 bits per heavy atom. The summed E-state index contributed by atoms with van der Waals surface area (Å²) in [4.78, 5) is 0. The van der Waals surface area contributed by atoms with Gasteiger partial charge in [-0.05, 0) is 30.3 Å². The summed E-state index contributed by atoms with van der Waals surface area (Å²) in [6.45, 7) is 0. The highest BCUT2D eigenvalue weighted by molar-refractivity contribution is 7.87. The van der Waals surface area contributed by atoms with Gasteiger partial charge in [-0.2, -0.15) is 8.42 Å². The lowest BCUT2D eigenvalue weighted by atomic mass is 9.83. The molecule has 0 saturated carbocycles. The van der Waals surface area contributed by atoms with Crippen LogP contribution in [0.25, 0.3) is 0 Å². The van der Waals surface area contributed by atoms with E-state index in [9.17, 15) is 23.2 Å². The molecule has 3 aromatic carbocycles. The number of rotatable bonds is 4. The van der Waals surface area contributed by atoms with Crippen molar-refractivity contribution < 1.29 is 23.2 Å². The first-order chi connectivity index (χ1) is 13.5. The van der Waals surface area contributed by atoms with Gasteiger partial charge in [0, 0.05) is 32.8 Å². The molecule has 0 aliphatic rings. The summed E-state index contributed by atoms with van der Waals surface area (Å²) in [6.07, 6.45) is 0. The van der Waals surface area contributed by atoms with Crippen LogP contribution in [0.5, 0.6) is 11.5 Å². The van der Waals surface area contributed by atoms with Crippen molar-refractivity contribution >= 4 is 56.5 Å². The maximum atomic E-state index is 13.0. The number of hydrogen-bond acceptors (Lipinski definition) is 4. The van der Waals surface area contributed by atoms with Crippen molar-refractivity contribution in [3.63, 3.8) is 0 Å². The highest BCUT2D eigenvalue weighted by atomic mass is 35.5. The van der Waals surface area contributed by atoms with E-state index in [2.05, 4.69) is 0 Å². The van der Waals surface area contributed by atoms with Gasteiger partial charge in [0.2, 0.25) is 0 Å². The van der Waals surface area contributed by atoms with Gasteiger partial charge < -0.3 is 10.2 Å². The molecule has 3 aromatic rings. The number of aromatic hydroxyl groups is 2. The van der Waals surface area contributed by atoms with Gasteiger partial charge in [-0.3, -0.25) is 4.55 Å². The van der Waals surface area contributed by atoms with Crippen LogP contribution in [0.4, 0.5) is 0 Å². The molecule has 0 bridgehead atoms. The summed E-state index contributed by atoms with van der Waals surface area (Å²) in [7, 11) is -5.16. The largest absolute Gasteiger partial charge is 0.508 e. The second-order valence-electron chi connectivity index (χ2n) is 6.06. The summed E-state index contributed by atoms with van der Waals surface area (Å²) in [6, 6.07) is 11.6. The van der Waals surface area contributed by atoms with Crippen LogP contribution in [-0.4, -0.2) is 23.2 Å². The van der Waals surface area contributed by atoms with E-state index in [0.29, 0.717) is 0 Å². The van der Waals surface area contributed by atoms with Gasteiger partial charge in [-0.15, -0.1) is 0 Å². The van der Waals surface area contributed by atoms with E-state index in [-0.39, 0.29) is 42.5 Å². The lowest BCUT2D eigenvalue weighted by molar-refractivity contribution is 0.431. The van der Waals surface area contributed by atoms with Crippen molar-refractivity contribution in [1.82, 2.24) is 0 Å². The summed E-state index contributed by atoms with van der Waals surface area (Å²) < 4.78 is 34.0. The van der Waals surface area contributed by atoms with Gasteiger partial charge in [-0.25, -0.2) is 0 Å². The first-order valence-corrected chi connectivity index (χ1v) is 10.9. The molecule has 3 rings (SSSR count). The monoisotopic (exact) mass is 492 g/mol. The number of benzene rings is 3. The molecule has 0 heterocycles. The number of phenols is 2. The molecule has 0 aliphatic carbocycles. The lowest BCUT2D eigenvalue weighted by Gasteiger charge is -2.35. The third kappa shape index (κ3) is 3.54. The summed E-state index contributed by atoms with van der Waals surface area (Å²) in [5, 5.41) is 19.7. The van der Waals surface area contributed by atoms with E-state index in [4.69, 9.17) is 46.4 Å². The normalized spacial score (nSPS) is 13.8. The minimum Gasteiger partial charge on any atom is -0.508 e. The van der Waals surface area contributed by atoms with E-state index in [0.717, 1.165) is 18.2 Å². The number of phenolic OH excluding ortho intramolecular Hbond substituents is 2. The maximum absolute atomic E-state index is 13.0. The van der Waals surface area contributed by atoms with E-state index < -0.39 is 20.6 Å². The van der Waals surface area contributed by atoms with Crippen molar-refractivity contribution in [2.45, 2.75) is 4.75 Å². The highest BCUT2D eigenvalue weighted by Crippen LogP contribution is 2.54. The zero-order valence-corrected chi connectivity index (χ0v) is 18.1. The highest BCUT2D eigenvalue weighted by Gasteiger charge is 2.53. The fraction of sp³-hybridized carbons (Fsp3) is 0.0526. The van der Waals surface area contributed by atoms with Crippen molar-refractivity contribution in [3.8, 4) is 11.5 Å². The van der Waals surface area contributed by atoms with Crippen LogP contribution < -0.4 is 0 Å². The molecule has 1 atom stereocenters. The third-order valence-electron chi connectivity index (χ3n) is 4.40. The Labute approximate surface area is 186 Å². The van der Waals surface area contributed by atoms with Crippen LogP contribution in [0, 0.1) is 0 Å². The molecule has 10 heteroatoms. The molecular weight excluding hydrogens is 482 g/mol. The molecule has 152 valence electrons. The van der Waals surface area contributed by atoms with Gasteiger partial charge in [0.05, 0.1) is 10.0 Å².